The molecule has 66 valence electrons. The Balaban J connectivity index is 4.17. The number of carboxylic acid groups (broad SMARTS) is 1. The van der Waals surface area contributed by atoms with Crippen LogP contribution in [0.2, 0.25) is 0 Å². The lowest BCUT2D eigenvalue weighted by Gasteiger charge is -2.16. The van der Waals surface area contributed by atoms with E-state index in [9.17, 15) is 13.6 Å². The van der Waals surface area contributed by atoms with E-state index in [1.807, 2.05) is 0 Å². The smallest absolute Gasteiger partial charge is 0.360 e. The monoisotopic (exact) mass is 186 g/mol. The number of alkyl halides is 3. The zero-order valence-corrected chi connectivity index (χ0v) is 6.74. The van der Waals surface area contributed by atoms with Gasteiger partial charge in [-0.15, -0.1) is 0 Å². The highest BCUT2D eigenvalue weighted by Crippen LogP contribution is 2.27. The van der Waals surface area contributed by atoms with Gasteiger partial charge in [0.2, 0.25) is 0 Å². The van der Waals surface area contributed by atoms with Crippen molar-refractivity contribution in [1.29, 1.82) is 0 Å². The summed E-state index contributed by atoms with van der Waals surface area (Å²) in [5, 5.41) is 4.82. The maximum Gasteiger partial charge on any atom is 0.360 e. The molecule has 5 heteroatoms. The van der Waals surface area contributed by atoms with E-state index in [4.69, 9.17) is 16.7 Å². The van der Waals surface area contributed by atoms with Crippen molar-refractivity contribution in [3.05, 3.63) is 0 Å². The first kappa shape index (κ1) is 10.6. The van der Waals surface area contributed by atoms with Crippen LogP contribution in [0, 0.1) is 0 Å². The molecule has 0 amide bonds. The van der Waals surface area contributed by atoms with Crippen molar-refractivity contribution in [3.8, 4) is 0 Å². The van der Waals surface area contributed by atoms with Gasteiger partial charge in [-0.1, -0.05) is 24.9 Å². The summed E-state index contributed by atoms with van der Waals surface area (Å²) in [4.78, 5) is 9.99. The van der Waals surface area contributed by atoms with Crippen LogP contribution < -0.4 is 0 Å². The molecular weight excluding hydrogens is 178 g/mol. The van der Waals surface area contributed by atoms with Gasteiger partial charge < -0.3 is 5.11 Å². The molecule has 0 heterocycles. The van der Waals surface area contributed by atoms with Crippen LogP contribution in [0.25, 0.3) is 0 Å². The molecule has 0 rings (SSSR count). The Morgan fingerprint density at radius 2 is 2.27 bits per heavy atom. The van der Waals surface area contributed by atoms with Crippen molar-refractivity contribution < 1.29 is 18.7 Å². The molecule has 2 unspecified atom stereocenters. The maximum absolute atomic E-state index is 12.6. The molecule has 0 aliphatic carbocycles. The standard InChI is InChI=1S/C6H9ClF2O2/c1-2-3-4(8)6(7,9)5(10)11/h4H,2-3H2,1H3,(H,10,11). The summed E-state index contributed by atoms with van der Waals surface area (Å²) in [6.45, 7) is 1.61. The van der Waals surface area contributed by atoms with Gasteiger partial charge >= 0.3 is 11.1 Å². The van der Waals surface area contributed by atoms with Crippen LogP contribution in [0.15, 0.2) is 0 Å². The van der Waals surface area contributed by atoms with Gasteiger partial charge in [-0.3, -0.25) is 0 Å². The third kappa shape index (κ3) is 2.61. The van der Waals surface area contributed by atoms with Crippen molar-refractivity contribution in [1.82, 2.24) is 0 Å². The number of aliphatic carboxylic acids is 1. The molecule has 0 aromatic carbocycles. The van der Waals surface area contributed by atoms with E-state index >= 15 is 0 Å². The van der Waals surface area contributed by atoms with Crippen molar-refractivity contribution in [3.63, 3.8) is 0 Å². The van der Waals surface area contributed by atoms with Crippen LogP contribution in [0.5, 0.6) is 0 Å². The van der Waals surface area contributed by atoms with Crippen LogP contribution in [0.1, 0.15) is 19.8 Å². The lowest BCUT2D eigenvalue weighted by atomic mass is 10.1. The minimum Gasteiger partial charge on any atom is -0.478 e. The maximum atomic E-state index is 12.6. The molecule has 0 fully saturated rings. The minimum absolute atomic E-state index is 0.188. The Labute approximate surface area is 68.2 Å². The number of rotatable bonds is 4. The van der Waals surface area contributed by atoms with Gasteiger partial charge in [0, 0.05) is 0 Å². The first-order valence-corrected chi connectivity index (χ1v) is 3.56. The summed E-state index contributed by atoms with van der Waals surface area (Å²) < 4.78 is 25.1. The molecule has 0 saturated heterocycles. The summed E-state index contributed by atoms with van der Waals surface area (Å²) in [5.74, 6) is -1.97. The van der Waals surface area contributed by atoms with Gasteiger partial charge in [0.25, 0.3) is 0 Å². The number of carbonyl (C=O) groups is 1. The van der Waals surface area contributed by atoms with E-state index in [-0.39, 0.29) is 6.42 Å². The molecule has 11 heavy (non-hydrogen) atoms. The Morgan fingerprint density at radius 3 is 2.55 bits per heavy atom. The largest absolute Gasteiger partial charge is 0.478 e. The second-order valence-corrected chi connectivity index (χ2v) is 2.73. The highest BCUT2D eigenvalue weighted by Gasteiger charge is 2.45. The molecule has 0 saturated carbocycles. The lowest BCUT2D eigenvalue weighted by Crippen LogP contribution is -2.37. The number of hydrogen-bond donors (Lipinski definition) is 1. The Bertz CT molecular complexity index is 150. The molecule has 0 aliphatic heterocycles. The zero-order chi connectivity index (χ0) is 9.07. The van der Waals surface area contributed by atoms with Gasteiger partial charge in [0.1, 0.15) is 0 Å². The average molecular weight is 187 g/mol. The topological polar surface area (TPSA) is 37.3 Å². The fourth-order valence-corrected chi connectivity index (χ4v) is 0.678. The van der Waals surface area contributed by atoms with Crippen LogP contribution in [-0.4, -0.2) is 22.4 Å². The lowest BCUT2D eigenvalue weighted by molar-refractivity contribution is -0.148. The predicted octanol–water partition coefficient (Wildman–Crippen LogP) is 2.11. The molecule has 2 nitrogen and oxygen atoms in total. The Morgan fingerprint density at radius 1 is 1.82 bits per heavy atom. The fourth-order valence-electron chi connectivity index (χ4n) is 0.569. The molecule has 0 spiro atoms. The molecule has 0 aliphatic rings. The second kappa shape index (κ2) is 3.85. The van der Waals surface area contributed by atoms with E-state index in [0.29, 0.717) is 6.42 Å². The van der Waals surface area contributed by atoms with Crippen molar-refractivity contribution in [2.24, 2.45) is 0 Å². The van der Waals surface area contributed by atoms with Crippen LogP contribution in [0.3, 0.4) is 0 Å². The van der Waals surface area contributed by atoms with E-state index < -0.39 is 17.3 Å². The predicted molar refractivity (Wildman–Crippen MR) is 37.1 cm³/mol. The summed E-state index contributed by atoms with van der Waals surface area (Å²) in [5.41, 5.74) is 0. The van der Waals surface area contributed by atoms with Gasteiger partial charge in [0.15, 0.2) is 6.17 Å². The first-order valence-electron chi connectivity index (χ1n) is 3.18. The third-order valence-electron chi connectivity index (χ3n) is 1.22. The summed E-state index contributed by atoms with van der Waals surface area (Å²) in [6, 6.07) is 0. The van der Waals surface area contributed by atoms with E-state index in [1.54, 1.807) is 6.92 Å². The van der Waals surface area contributed by atoms with Crippen molar-refractivity contribution >= 4 is 17.6 Å². The number of carboxylic acids is 1. The molecule has 0 aromatic rings. The van der Waals surface area contributed by atoms with Gasteiger partial charge in [-0.25, -0.2) is 13.6 Å². The molecular formula is C6H9ClF2O2. The third-order valence-corrected chi connectivity index (χ3v) is 1.62. The molecule has 1 N–H and O–H groups in total. The highest BCUT2D eigenvalue weighted by atomic mass is 35.5. The van der Waals surface area contributed by atoms with Gasteiger partial charge in [-0.05, 0) is 6.42 Å². The fraction of sp³-hybridized carbons (Fsp3) is 0.833. The van der Waals surface area contributed by atoms with E-state index in [2.05, 4.69) is 0 Å². The normalized spacial score (nSPS) is 18.9. The molecule has 0 radical (unpaired) electrons. The first-order chi connectivity index (χ1) is 4.92. The summed E-state index contributed by atoms with van der Waals surface area (Å²) >= 11 is 4.76. The molecule has 2 atom stereocenters. The Hall–Kier alpha value is -0.380. The number of hydrogen-bond acceptors (Lipinski definition) is 1. The molecule has 0 bridgehead atoms. The highest BCUT2D eigenvalue weighted by molar-refractivity contribution is 6.32. The zero-order valence-electron chi connectivity index (χ0n) is 5.98. The van der Waals surface area contributed by atoms with Crippen molar-refractivity contribution in [2.75, 3.05) is 0 Å². The molecule has 0 aromatic heterocycles. The van der Waals surface area contributed by atoms with Crippen LogP contribution >= 0.6 is 11.6 Å². The SMILES string of the molecule is CCCC(F)C(F)(Cl)C(=O)O. The quantitative estimate of drug-likeness (QED) is 0.683. The van der Waals surface area contributed by atoms with E-state index in [0.717, 1.165) is 0 Å². The summed E-state index contributed by atoms with van der Waals surface area (Å²) in [7, 11) is 0. The average Bonchev–Trinajstić information content (AvgIpc) is 1.88. The van der Waals surface area contributed by atoms with Gasteiger partial charge in [-0.2, -0.15) is 0 Å². The number of halogens is 3. The summed E-state index contributed by atoms with van der Waals surface area (Å²) in [6.07, 6.45) is -1.98. The van der Waals surface area contributed by atoms with Gasteiger partial charge in [0.05, 0.1) is 0 Å². The Kier molecular flexibility index (Phi) is 3.72. The van der Waals surface area contributed by atoms with Crippen molar-refractivity contribution in [2.45, 2.75) is 31.1 Å². The van der Waals surface area contributed by atoms with E-state index in [1.165, 1.54) is 0 Å². The second-order valence-electron chi connectivity index (χ2n) is 2.18. The van der Waals surface area contributed by atoms with Crippen LogP contribution in [0.4, 0.5) is 8.78 Å². The van der Waals surface area contributed by atoms with Crippen LogP contribution in [-0.2, 0) is 4.79 Å². The minimum atomic E-state index is -3.27.